The van der Waals surface area contributed by atoms with Crippen molar-refractivity contribution in [1.29, 1.82) is 0 Å². The van der Waals surface area contributed by atoms with Gasteiger partial charge in [-0.3, -0.25) is 4.99 Å². The number of carbonyl (C=O) groups excluding carboxylic acids is 1. The first-order chi connectivity index (χ1) is 11.0. The molecule has 2 aromatic carbocycles. The highest BCUT2D eigenvalue weighted by molar-refractivity contribution is 5.91. The summed E-state index contributed by atoms with van der Waals surface area (Å²) in [6, 6.07) is 8.59. The lowest BCUT2D eigenvalue weighted by molar-refractivity contribution is 0.0734. The molecule has 0 aliphatic heterocycles. The summed E-state index contributed by atoms with van der Waals surface area (Å²) in [6.07, 6.45) is 4.69. The molecule has 118 valence electrons. The Morgan fingerprint density at radius 1 is 1.22 bits per heavy atom. The van der Waals surface area contributed by atoms with E-state index in [1.54, 1.807) is 24.3 Å². The van der Waals surface area contributed by atoms with Gasteiger partial charge in [0.15, 0.2) is 11.6 Å². The van der Waals surface area contributed by atoms with Crippen LogP contribution in [0.3, 0.4) is 0 Å². The molecule has 0 unspecified atom stereocenters. The molecule has 0 bridgehead atoms. The van der Waals surface area contributed by atoms with E-state index in [1.165, 1.54) is 0 Å². The number of carbonyl (C=O) groups is 1. The van der Waals surface area contributed by atoms with Crippen LogP contribution in [0.25, 0.3) is 0 Å². The minimum absolute atomic E-state index is 0.226. The van der Waals surface area contributed by atoms with Gasteiger partial charge in [-0.05, 0) is 37.8 Å². The van der Waals surface area contributed by atoms with Crippen LogP contribution >= 0.6 is 0 Å². The monoisotopic (exact) mass is 315 g/mol. The van der Waals surface area contributed by atoms with E-state index in [2.05, 4.69) is 11.7 Å². The Hall–Kier alpha value is -2.82. The largest absolute Gasteiger partial charge is 0.423 e. The number of nitrogens with zero attached hydrogens (tertiary/aromatic N) is 1. The minimum Gasteiger partial charge on any atom is -0.423 e. The molecule has 5 heteroatoms. The fraction of sp³-hybridized carbons (Fsp3) is 0.111. The molecule has 0 saturated heterocycles. The van der Waals surface area contributed by atoms with E-state index in [4.69, 9.17) is 4.74 Å². The second-order valence-electron chi connectivity index (χ2n) is 4.75. The average Bonchev–Trinajstić information content (AvgIpc) is 2.53. The van der Waals surface area contributed by atoms with E-state index < -0.39 is 23.3 Å². The third-order valence-electron chi connectivity index (χ3n) is 3.14. The number of allylic oxidation sites excluding steroid dienone is 2. The summed E-state index contributed by atoms with van der Waals surface area (Å²) >= 11 is 0. The Balaban J connectivity index is 2.14. The van der Waals surface area contributed by atoms with Crippen molar-refractivity contribution in [3.63, 3.8) is 0 Å². The van der Waals surface area contributed by atoms with Crippen LogP contribution in [0.1, 0.15) is 22.8 Å². The van der Waals surface area contributed by atoms with Crippen molar-refractivity contribution in [2.75, 3.05) is 0 Å². The van der Waals surface area contributed by atoms with Gasteiger partial charge in [-0.25, -0.2) is 13.6 Å². The lowest BCUT2D eigenvalue weighted by Crippen LogP contribution is -2.09. The maximum Gasteiger partial charge on any atom is 0.343 e. The van der Waals surface area contributed by atoms with Crippen molar-refractivity contribution in [2.24, 2.45) is 4.99 Å². The Kier molecular flexibility index (Phi) is 5.36. The molecule has 0 radical (unpaired) electrons. The van der Waals surface area contributed by atoms with Gasteiger partial charge in [-0.1, -0.05) is 24.3 Å². The highest BCUT2D eigenvalue weighted by atomic mass is 19.1. The van der Waals surface area contributed by atoms with E-state index >= 15 is 0 Å². The van der Waals surface area contributed by atoms with Crippen LogP contribution < -0.4 is 4.74 Å². The van der Waals surface area contributed by atoms with E-state index in [0.717, 1.165) is 24.1 Å². The molecular formula is C18H15F2NO2. The molecule has 0 spiro atoms. The predicted molar refractivity (Wildman–Crippen MR) is 85.5 cm³/mol. The lowest BCUT2D eigenvalue weighted by Gasteiger charge is -2.07. The van der Waals surface area contributed by atoms with Gasteiger partial charge in [-0.2, -0.15) is 0 Å². The van der Waals surface area contributed by atoms with Crippen molar-refractivity contribution in [3.8, 4) is 5.75 Å². The highest BCUT2D eigenvalue weighted by Gasteiger charge is 2.14. The number of hydrogen-bond donors (Lipinski definition) is 0. The van der Waals surface area contributed by atoms with Crippen molar-refractivity contribution >= 4 is 18.4 Å². The zero-order valence-electron chi connectivity index (χ0n) is 12.6. The molecule has 2 aromatic rings. The Labute approximate surface area is 132 Å². The van der Waals surface area contributed by atoms with E-state index in [-0.39, 0.29) is 5.75 Å². The molecule has 2 rings (SSSR count). The summed E-state index contributed by atoms with van der Waals surface area (Å²) in [5.41, 5.74) is 0.831. The molecular weight excluding hydrogens is 300 g/mol. The average molecular weight is 315 g/mol. The van der Waals surface area contributed by atoms with Crippen LogP contribution in [0.15, 0.2) is 53.5 Å². The van der Waals surface area contributed by atoms with Crippen molar-refractivity contribution in [3.05, 3.63) is 71.3 Å². The Morgan fingerprint density at radius 2 is 1.83 bits per heavy atom. The molecule has 0 atom stereocenters. The standard InChI is InChI=1S/C18H15F2NO2/c1-3-4-5-12-6-8-13(9-7-12)18(22)23-14-10-15(19)17(21-2)16(20)11-14/h3-4,6-11H,2,5H2,1H3/b4-3+. The van der Waals surface area contributed by atoms with Crippen molar-refractivity contribution in [1.82, 2.24) is 0 Å². The van der Waals surface area contributed by atoms with Crippen LogP contribution in [-0.2, 0) is 6.42 Å². The van der Waals surface area contributed by atoms with Gasteiger partial charge in [0, 0.05) is 12.1 Å². The molecule has 0 fully saturated rings. The Bertz CT molecular complexity index is 729. The number of esters is 1. The van der Waals surface area contributed by atoms with Crippen LogP contribution in [0.4, 0.5) is 14.5 Å². The molecule has 0 aromatic heterocycles. The lowest BCUT2D eigenvalue weighted by atomic mass is 10.1. The summed E-state index contributed by atoms with van der Waals surface area (Å²) in [7, 11) is 0. The first-order valence-corrected chi connectivity index (χ1v) is 6.93. The zero-order chi connectivity index (χ0) is 16.8. The van der Waals surface area contributed by atoms with Crippen molar-refractivity contribution in [2.45, 2.75) is 13.3 Å². The van der Waals surface area contributed by atoms with Gasteiger partial charge in [0.1, 0.15) is 11.4 Å². The molecule has 23 heavy (non-hydrogen) atoms. The van der Waals surface area contributed by atoms with Gasteiger partial charge in [0.05, 0.1) is 5.56 Å². The topological polar surface area (TPSA) is 38.7 Å². The second-order valence-corrected chi connectivity index (χ2v) is 4.75. The molecule has 0 aliphatic rings. The van der Waals surface area contributed by atoms with Crippen LogP contribution in [0.5, 0.6) is 5.75 Å². The summed E-state index contributed by atoms with van der Waals surface area (Å²) in [4.78, 5) is 15.2. The van der Waals surface area contributed by atoms with Crippen LogP contribution in [0.2, 0.25) is 0 Å². The third kappa shape index (κ3) is 4.10. The first kappa shape index (κ1) is 16.5. The first-order valence-electron chi connectivity index (χ1n) is 6.93. The smallest absolute Gasteiger partial charge is 0.343 e. The fourth-order valence-corrected chi connectivity index (χ4v) is 1.95. The number of hydrogen-bond acceptors (Lipinski definition) is 3. The van der Waals surface area contributed by atoms with E-state index in [9.17, 15) is 13.6 Å². The van der Waals surface area contributed by atoms with Crippen LogP contribution in [0, 0.1) is 11.6 Å². The minimum atomic E-state index is -0.940. The zero-order valence-corrected chi connectivity index (χ0v) is 12.6. The fourth-order valence-electron chi connectivity index (χ4n) is 1.95. The van der Waals surface area contributed by atoms with Gasteiger partial charge in [0.2, 0.25) is 0 Å². The number of ether oxygens (including phenoxy) is 1. The maximum absolute atomic E-state index is 13.6. The molecule has 3 nitrogen and oxygen atoms in total. The normalized spacial score (nSPS) is 10.7. The highest BCUT2D eigenvalue weighted by Crippen LogP contribution is 2.27. The third-order valence-corrected chi connectivity index (χ3v) is 3.14. The number of aliphatic imine (C=N–C) groups is 1. The maximum atomic E-state index is 13.6. The van der Waals surface area contributed by atoms with Crippen molar-refractivity contribution < 1.29 is 18.3 Å². The predicted octanol–water partition coefficient (Wildman–Crippen LogP) is 4.63. The van der Waals surface area contributed by atoms with Gasteiger partial charge < -0.3 is 4.74 Å². The molecule has 0 heterocycles. The van der Waals surface area contributed by atoms with Gasteiger partial charge >= 0.3 is 5.97 Å². The number of halogens is 2. The molecule has 0 aliphatic carbocycles. The summed E-state index contributed by atoms with van der Waals surface area (Å²) in [5, 5.41) is 0. The summed E-state index contributed by atoms with van der Waals surface area (Å²) < 4.78 is 32.1. The number of rotatable bonds is 5. The Morgan fingerprint density at radius 3 is 2.35 bits per heavy atom. The quantitative estimate of drug-likeness (QED) is 0.349. The van der Waals surface area contributed by atoms with Crippen LogP contribution in [-0.4, -0.2) is 12.7 Å². The second kappa shape index (κ2) is 7.45. The summed E-state index contributed by atoms with van der Waals surface area (Å²) in [6.45, 7) is 5.01. The molecule has 0 N–H and O–H groups in total. The molecule has 0 saturated carbocycles. The van der Waals surface area contributed by atoms with Gasteiger partial charge in [0.25, 0.3) is 0 Å². The number of benzene rings is 2. The van der Waals surface area contributed by atoms with E-state index in [1.807, 2.05) is 19.1 Å². The van der Waals surface area contributed by atoms with E-state index in [0.29, 0.717) is 5.56 Å². The summed E-state index contributed by atoms with van der Waals surface area (Å²) in [5.74, 6) is -2.80. The SMILES string of the molecule is C=Nc1c(F)cc(OC(=O)c2ccc(C/C=C/C)cc2)cc1F. The molecule has 0 amide bonds. The van der Waals surface area contributed by atoms with Gasteiger partial charge in [-0.15, -0.1) is 0 Å².